The fourth-order valence-corrected chi connectivity index (χ4v) is 3.30. The molecular formula is C17H14N4O2S. The summed E-state index contributed by atoms with van der Waals surface area (Å²) in [5.74, 6) is 1.21. The maximum absolute atomic E-state index is 12.0. The molecule has 0 saturated heterocycles. The Morgan fingerprint density at radius 3 is 2.96 bits per heavy atom. The van der Waals surface area contributed by atoms with Gasteiger partial charge in [0.05, 0.1) is 28.5 Å². The van der Waals surface area contributed by atoms with Crippen molar-refractivity contribution in [1.29, 1.82) is 0 Å². The molecule has 4 aromatic rings. The molecule has 120 valence electrons. The third-order valence-corrected chi connectivity index (χ3v) is 4.61. The predicted octanol–water partition coefficient (Wildman–Crippen LogP) is 3.22. The van der Waals surface area contributed by atoms with Crippen molar-refractivity contribution in [3.63, 3.8) is 0 Å². The van der Waals surface area contributed by atoms with E-state index in [-0.39, 0.29) is 5.91 Å². The van der Waals surface area contributed by atoms with Crippen LogP contribution in [0.5, 0.6) is 0 Å². The molecule has 24 heavy (non-hydrogen) atoms. The second-order valence-electron chi connectivity index (χ2n) is 5.34. The first-order valence-electron chi connectivity index (χ1n) is 7.40. The number of nitrogens with one attached hydrogen (secondary N) is 1. The Balaban J connectivity index is 1.47. The quantitative estimate of drug-likeness (QED) is 0.620. The summed E-state index contributed by atoms with van der Waals surface area (Å²) in [4.78, 5) is 16.6. The predicted molar refractivity (Wildman–Crippen MR) is 91.7 cm³/mol. The number of amides is 1. The standard InChI is InChI=1S/C17H14N4O2S/c1-21-10-11(8-19-21)16(22)18-9-12-6-7-14(23-12)17-20-13-4-2-3-5-15(13)24-17/h2-8,10H,9H2,1H3,(H,18,22). The van der Waals surface area contributed by atoms with Gasteiger partial charge in [0.2, 0.25) is 0 Å². The SMILES string of the molecule is Cn1cc(C(=O)NCc2ccc(-c3nc4ccccc4s3)o2)cn1. The number of para-hydroxylation sites is 1. The molecule has 0 fully saturated rings. The largest absolute Gasteiger partial charge is 0.457 e. The van der Waals surface area contributed by atoms with Crippen molar-refractivity contribution in [3.05, 3.63) is 60.1 Å². The second-order valence-corrected chi connectivity index (χ2v) is 6.37. The number of benzene rings is 1. The fourth-order valence-electron chi connectivity index (χ4n) is 2.37. The number of thiazole rings is 1. The van der Waals surface area contributed by atoms with Gasteiger partial charge in [-0.25, -0.2) is 4.98 Å². The molecule has 0 spiro atoms. The smallest absolute Gasteiger partial charge is 0.254 e. The fraction of sp³-hybridized carbons (Fsp3) is 0.118. The summed E-state index contributed by atoms with van der Waals surface area (Å²) in [5, 5.41) is 7.63. The van der Waals surface area contributed by atoms with Gasteiger partial charge < -0.3 is 9.73 Å². The van der Waals surface area contributed by atoms with Crippen molar-refractivity contribution in [2.45, 2.75) is 6.54 Å². The van der Waals surface area contributed by atoms with E-state index in [1.807, 2.05) is 36.4 Å². The third kappa shape index (κ3) is 2.81. The molecule has 0 saturated carbocycles. The lowest BCUT2D eigenvalue weighted by Crippen LogP contribution is -2.22. The molecule has 1 aromatic carbocycles. The van der Waals surface area contributed by atoms with E-state index < -0.39 is 0 Å². The van der Waals surface area contributed by atoms with E-state index in [9.17, 15) is 4.79 Å². The number of rotatable bonds is 4. The maximum atomic E-state index is 12.0. The summed E-state index contributed by atoms with van der Waals surface area (Å²) in [7, 11) is 1.77. The zero-order valence-corrected chi connectivity index (χ0v) is 13.7. The molecule has 0 aliphatic heterocycles. The van der Waals surface area contributed by atoms with Crippen molar-refractivity contribution in [1.82, 2.24) is 20.1 Å². The van der Waals surface area contributed by atoms with Crippen LogP contribution in [0.3, 0.4) is 0 Å². The molecule has 7 heteroatoms. The molecule has 0 aliphatic rings. The zero-order chi connectivity index (χ0) is 16.5. The first-order chi connectivity index (χ1) is 11.7. The van der Waals surface area contributed by atoms with Crippen LogP contribution in [-0.2, 0) is 13.6 Å². The maximum Gasteiger partial charge on any atom is 0.254 e. The summed E-state index contributed by atoms with van der Waals surface area (Å²) < 4.78 is 8.51. The molecule has 1 amide bonds. The second kappa shape index (κ2) is 5.93. The normalized spacial score (nSPS) is 11.0. The van der Waals surface area contributed by atoms with Crippen molar-refractivity contribution < 1.29 is 9.21 Å². The van der Waals surface area contributed by atoms with Gasteiger partial charge in [-0.1, -0.05) is 12.1 Å². The molecule has 3 aromatic heterocycles. The highest BCUT2D eigenvalue weighted by molar-refractivity contribution is 7.21. The van der Waals surface area contributed by atoms with E-state index in [4.69, 9.17) is 4.42 Å². The molecule has 0 bridgehead atoms. The minimum absolute atomic E-state index is 0.180. The van der Waals surface area contributed by atoms with E-state index in [1.54, 1.807) is 29.3 Å². The Hall–Kier alpha value is -2.93. The van der Waals surface area contributed by atoms with Crippen molar-refractivity contribution >= 4 is 27.5 Å². The molecular weight excluding hydrogens is 324 g/mol. The molecule has 0 atom stereocenters. The van der Waals surface area contributed by atoms with E-state index in [1.165, 1.54) is 6.20 Å². The van der Waals surface area contributed by atoms with Crippen LogP contribution < -0.4 is 5.32 Å². The molecule has 0 aliphatic carbocycles. The summed E-state index contributed by atoms with van der Waals surface area (Å²) in [6.45, 7) is 0.318. The Kier molecular flexibility index (Phi) is 3.62. The minimum atomic E-state index is -0.180. The van der Waals surface area contributed by atoms with Crippen LogP contribution in [0.4, 0.5) is 0 Å². The summed E-state index contributed by atoms with van der Waals surface area (Å²) in [6.07, 6.45) is 3.20. The number of furan rings is 1. The number of hydrogen-bond donors (Lipinski definition) is 1. The Labute approximate surface area is 141 Å². The first kappa shape index (κ1) is 14.6. The van der Waals surface area contributed by atoms with Crippen LogP contribution in [0.1, 0.15) is 16.1 Å². The molecule has 0 unspecified atom stereocenters. The molecule has 4 rings (SSSR count). The number of fused-ring (bicyclic) bond motifs is 1. The summed E-state index contributed by atoms with van der Waals surface area (Å²) >= 11 is 1.58. The van der Waals surface area contributed by atoms with Gasteiger partial charge in [0.25, 0.3) is 5.91 Å². The molecule has 1 N–H and O–H groups in total. The van der Waals surface area contributed by atoms with Gasteiger partial charge >= 0.3 is 0 Å². The van der Waals surface area contributed by atoms with E-state index >= 15 is 0 Å². The van der Waals surface area contributed by atoms with Crippen LogP contribution in [0, 0.1) is 0 Å². The zero-order valence-electron chi connectivity index (χ0n) is 12.9. The highest BCUT2D eigenvalue weighted by Gasteiger charge is 2.12. The van der Waals surface area contributed by atoms with Crippen molar-refractivity contribution in [2.75, 3.05) is 0 Å². The summed E-state index contributed by atoms with van der Waals surface area (Å²) in [5.41, 5.74) is 1.48. The Bertz CT molecular complexity index is 981. The lowest BCUT2D eigenvalue weighted by atomic mass is 10.3. The average molecular weight is 338 g/mol. The van der Waals surface area contributed by atoms with Gasteiger partial charge in [0, 0.05) is 13.2 Å². The van der Waals surface area contributed by atoms with Gasteiger partial charge in [-0.15, -0.1) is 11.3 Å². The minimum Gasteiger partial charge on any atom is -0.457 e. The number of carbonyl (C=O) groups is 1. The van der Waals surface area contributed by atoms with Crippen LogP contribution in [-0.4, -0.2) is 20.7 Å². The monoisotopic (exact) mass is 338 g/mol. The van der Waals surface area contributed by atoms with E-state index in [0.29, 0.717) is 23.6 Å². The Morgan fingerprint density at radius 1 is 1.29 bits per heavy atom. The first-order valence-corrected chi connectivity index (χ1v) is 8.22. The lowest BCUT2D eigenvalue weighted by Gasteiger charge is -2.00. The third-order valence-electron chi connectivity index (χ3n) is 3.56. The van der Waals surface area contributed by atoms with Gasteiger partial charge in [0.1, 0.15) is 5.76 Å². The van der Waals surface area contributed by atoms with Crippen LogP contribution >= 0.6 is 11.3 Å². The van der Waals surface area contributed by atoms with Gasteiger partial charge in [-0.05, 0) is 24.3 Å². The van der Waals surface area contributed by atoms with E-state index in [2.05, 4.69) is 15.4 Å². The number of carbonyl (C=O) groups excluding carboxylic acids is 1. The number of aryl methyl sites for hydroxylation is 1. The highest BCUT2D eigenvalue weighted by Crippen LogP contribution is 2.31. The lowest BCUT2D eigenvalue weighted by molar-refractivity contribution is 0.0948. The van der Waals surface area contributed by atoms with Crippen LogP contribution in [0.15, 0.2) is 53.2 Å². The molecule has 6 nitrogen and oxygen atoms in total. The molecule has 3 heterocycles. The summed E-state index contributed by atoms with van der Waals surface area (Å²) in [6, 6.07) is 11.7. The topological polar surface area (TPSA) is 73.0 Å². The highest BCUT2D eigenvalue weighted by atomic mass is 32.1. The van der Waals surface area contributed by atoms with Crippen molar-refractivity contribution in [2.24, 2.45) is 7.05 Å². The van der Waals surface area contributed by atoms with Gasteiger partial charge in [0.15, 0.2) is 10.8 Å². The number of aromatic nitrogens is 3. The average Bonchev–Trinajstić information content (AvgIpc) is 3.31. The van der Waals surface area contributed by atoms with Crippen LogP contribution in [0.2, 0.25) is 0 Å². The van der Waals surface area contributed by atoms with E-state index in [0.717, 1.165) is 15.2 Å². The van der Waals surface area contributed by atoms with Crippen molar-refractivity contribution in [3.8, 4) is 10.8 Å². The van der Waals surface area contributed by atoms with Gasteiger partial charge in [-0.2, -0.15) is 5.10 Å². The van der Waals surface area contributed by atoms with Gasteiger partial charge in [-0.3, -0.25) is 9.48 Å². The van der Waals surface area contributed by atoms with Crippen LogP contribution in [0.25, 0.3) is 21.0 Å². The Morgan fingerprint density at radius 2 is 2.17 bits per heavy atom. The number of nitrogens with zero attached hydrogens (tertiary/aromatic N) is 3. The molecule has 0 radical (unpaired) electrons. The number of hydrogen-bond acceptors (Lipinski definition) is 5.